The van der Waals surface area contributed by atoms with Crippen LogP contribution in [0.1, 0.15) is 43.5 Å². The van der Waals surface area contributed by atoms with E-state index in [4.69, 9.17) is 14.7 Å². The Morgan fingerprint density at radius 1 is 1.25 bits per heavy atom. The Balaban J connectivity index is 1.96. The van der Waals surface area contributed by atoms with Gasteiger partial charge in [-0.15, -0.1) is 0 Å². The van der Waals surface area contributed by atoms with Gasteiger partial charge in [0, 0.05) is 24.1 Å². The van der Waals surface area contributed by atoms with Crippen molar-refractivity contribution < 1.29 is 14.3 Å². The van der Waals surface area contributed by atoms with Gasteiger partial charge in [-0.1, -0.05) is 31.3 Å². The molecule has 1 aromatic carbocycles. The van der Waals surface area contributed by atoms with Crippen LogP contribution in [0.25, 0.3) is 16.4 Å². The third-order valence-electron chi connectivity index (χ3n) is 4.37. The summed E-state index contributed by atoms with van der Waals surface area (Å²) in [4.78, 5) is 12.9. The van der Waals surface area contributed by atoms with Gasteiger partial charge in [0.2, 0.25) is 0 Å². The van der Waals surface area contributed by atoms with E-state index in [1.807, 2.05) is 47.0 Å². The van der Waals surface area contributed by atoms with Crippen LogP contribution in [0, 0.1) is 23.2 Å². The number of nitriles is 1. The van der Waals surface area contributed by atoms with Gasteiger partial charge in [0.25, 0.3) is 0 Å². The highest BCUT2D eigenvalue weighted by atomic mass is 16.5. The fourth-order valence-corrected chi connectivity index (χ4v) is 3.07. The monoisotopic (exact) mass is 374 g/mol. The topological polar surface area (TPSA) is 63.7 Å². The lowest BCUT2D eigenvalue weighted by Gasteiger charge is -2.07. The first-order valence-electron chi connectivity index (χ1n) is 9.37. The number of ether oxygens (including phenoxy) is 2. The van der Waals surface area contributed by atoms with E-state index in [1.165, 1.54) is 0 Å². The molecule has 0 saturated heterocycles. The molecule has 142 valence electrons. The van der Waals surface area contributed by atoms with Crippen molar-refractivity contribution in [3.8, 4) is 23.7 Å². The largest absolute Gasteiger partial charge is 0.479 e. The first-order chi connectivity index (χ1) is 13.7. The first-order valence-corrected chi connectivity index (χ1v) is 9.37. The van der Waals surface area contributed by atoms with Crippen molar-refractivity contribution in [2.24, 2.45) is 0 Å². The van der Waals surface area contributed by atoms with Crippen LogP contribution in [-0.4, -0.2) is 23.1 Å². The van der Waals surface area contributed by atoms with E-state index in [-0.39, 0.29) is 6.61 Å². The Kier molecular flexibility index (Phi) is 6.19. The third kappa shape index (κ3) is 4.10. The van der Waals surface area contributed by atoms with Gasteiger partial charge in [-0.05, 0) is 37.6 Å². The molecule has 0 N–H and O–H groups in total. The van der Waals surface area contributed by atoms with Gasteiger partial charge < -0.3 is 13.9 Å². The number of fused-ring (bicyclic) bond motifs is 3. The average Bonchev–Trinajstić information content (AvgIpc) is 3.03. The minimum atomic E-state index is -0.476. The molecule has 0 aliphatic heterocycles. The molecular formula is C23H22N2O3. The molecule has 0 bridgehead atoms. The second-order valence-electron chi connectivity index (χ2n) is 6.43. The fraction of sp³-hybridized carbons (Fsp3) is 0.304. The molecule has 0 fully saturated rings. The van der Waals surface area contributed by atoms with Crippen molar-refractivity contribution in [1.82, 2.24) is 4.40 Å². The van der Waals surface area contributed by atoms with Crippen LogP contribution in [0.15, 0.2) is 42.6 Å². The van der Waals surface area contributed by atoms with Crippen molar-refractivity contribution in [3.63, 3.8) is 0 Å². The number of esters is 1. The molecule has 0 aliphatic rings. The maximum atomic E-state index is 12.9. The number of benzene rings is 1. The van der Waals surface area contributed by atoms with Gasteiger partial charge >= 0.3 is 5.97 Å². The molecule has 0 radical (unpaired) electrons. The van der Waals surface area contributed by atoms with Gasteiger partial charge in [-0.2, -0.15) is 5.26 Å². The number of hydrogen-bond donors (Lipinski definition) is 0. The number of carbonyl (C=O) groups excluding carboxylic acids is 1. The molecule has 0 saturated carbocycles. The number of rotatable bonds is 6. The van der Waals surface area contributed by atoms with Crippen molar-refractivity contribution in [1.29, 1.82) is 5.26 Å². The molecule has 2 heterocycles. The Hall–Kier alpha value is -3.44. The van der Waals surface area contributed by atoms with Gasteiger partial charge in [0.1, 0.15) is 11.8 Å². The zero-order valence-corrected chi connectivity index (χ0v) is 16.1. The molecule has 5 heteroatoms. The zero-order chi connectivity index (χ0) is 19.9. The summed E-state index contributed by atoms with van der Waals surface area (Å²) in [6, 6.07) is 13.0. The van der Waals surface area contributed by atoms with Crippen LogP contribution in [-0.2, 0) is 4.74 Å². The quantitative estimate of drug-likeness (QED) is 0.355. The van der Waals surface area contributed by atoms with Gasteiger partial charge in [-0.25, -0.2) is 4.79 Å². The summed E-state index contributed by atoms with van der Waals surface area (Å²) in [5, 5.41) is 9.48. The lowest BCUT2D eigenvalue weighted by molar-refractivity contribution is 0.0443. The van der Waals surface area contributed by atoms with Gasteiger partial charge in [0.05, 0.1) is 16.6 Å². The highest BCUT2D eigenvalue weighted by molar-refractivity contribution is 6.12. The Labute approximate surface area is 164 Å². The maximum Gasteiger partial charge on any atom is 0.342 e. The van der Waals surface area contributed by atoms with E-state index < -0.39 is 12.1 Å². The summed E-state index contributed by atoms with van der Waals surface area (Å²) in [6.07, 6.45) is 4.35. The molecule has 0 spiro atoms. The molecule has 0 aliphatic carbocycles. The van der Waals surface area contributed by atoms with Crippen LogP contribution < -0.4 is 4.74 Å². The summed E-state index contributed by atoms with van der Waals surface area (Å²) in [5.74, 6) is 6.23. The third-order valence-corrected chi connectivity index (χ3v) is 4.37. The predicted octanol–water partition coefficient (Wildman–Crippen LogP) is 4.73. The Bertz CT molecular complexity index is 1100. The normalized spacial score (nSPS) is 11.5. The van der Waals surface area contributed by atoms with Crippen molar-refractivity contribution in [2.75, 3.05) is 6.61 Å². The van der Waals surface area contributed by atoms with E-state index >= 15 is 0 Å². The van der Waals surface area contributed by atoms with Crippen LogP contribution >= 0.6 is 0 Å². The Morgan fingerprint density at radius 3 is 2.89 bits per heavy atom. The van der Waals surface area contributed by atoms with Crippen molar-refractivity contribution in [2.45, 2.75) is 39.2 Å². The van der Waals surface area contributed by atoms with Crippen LogP contribution in [0.4, 0.5) is 0 Å². The fourth-order valence-electron chi connectivity index (χ4n) is 3.07. The smallest absolute Gasteiger partial charge is 0.342 e. The molecule has 3 rings (SSSR count). The molecular weight excluding hydrogens is 352 g/mol. The van der Waals surface area contributed by atoms with Crippen LogP contribution in [0.2, 0.25) is 0 Å². The van der Waals surface area contributed by atoms with Gasteiger partial charge in [-0.3, -0.25) is 0 Å². The number of pyridine rings is 1. The SMILES string of the molecule is CCCCC#CC(C)OC(=O)c1c2ccc(OCC#N)cc2n2ccccc12. The number of nitrogens with zero attached hydrogens (tertiary/aromatic N) is 2. The lowest BCUT2D eigenvalue weighted by atomic mass is 10.1. The van der Waals surface area contributed by atoms with Crippen LogP contribution in [0.5, 0.6) is 5.75 Å². The van der Waals surface area contributed by atoms with E-state index in [1.54, 1.807) is 13.0 Å². The van der Waals surface area contributed by atoms with Gasteiger partial charge in [0.15, 0.2) is 12.7 Å². The summed E-state index contributed by atoms with van der Waals surface area (Å²) >= 11 is 0. The van der Waals surface area contributed by atoms with Crippen molar-refractivity contribution in [3.05, 3.63) is 48.2 Å². The highest BCUT2D eigenvalue weighted by Crippen LogP contribution is 2.30. The van der Waals surface area contributed by atoms with E-state index in [0.717, 1.165) is 35.7 Å². The molecule has 5 nitrogen and oxygen atoms in total. The maximum absolute atomic E-state index is 12.9. The van der Waals surface area contributed by atoms with E-state index in [9.17, 15) is 4.79 Å². The zero-order valence-electron chi connectivity index (χ0n) is 16.1. The molecule has 28 heavy (non-hydrogen) atoms. The second-order valence-corrected chi connectivity index (χ2v) is 6.43. The summed E-state index contributed by atoms with van der Waals surface area (Å²) in [7, 11) is 0. The minimum Gasteiger partial charge on any atom is -0.479 e. The first kappa shape index (κ1) is 19.3. The lowest BCUT2D eigenvalue weighted by Crippen LogP contribution is -2.13. The molecule has 2 aromatic heterocycles. The number of unbranched alkanes of at least 4 members (excludes halogenated alkanes) is 2. The Morgan fingerprint density at radius 2 is 2.11 bits per heavy atom. The van der Waals surface area contributed by atoms with E-state index in [2.05, 4.69) is 18.8 Å². The standard InChI is InChI=1S/C23H22N2O3/c1-3-4-5-6-9-17(2)28-23(26)22-19-12-11-18(27-15-13-24)16-21(19)25-14-8-7-10-20(22)25/h7-8,10-12,14,16-17H,3-5,15H2,1-2H3. The predicted molar refractivity (Wildman–Crippen MR) is 108 cm³/mol. The van der Waals surface area contributed by atoms with Crippen molar-refractivity contribution >= 4 is 22.4 Å². The molecule has 3 aromatic rings. The number of carbonyl (C=O) groups is 1. The summed E-state index contributed by atoms with van der Waals surface area (Å²) in [5.41, 5.74) is 2.08. The summed E-state index contributed by atoms with van der Waals surface area (Å²) < 4.78 is 12.9. The molecule has 0 amide bonds. The summed E-state index contributed by atoms with van der Waals surface area (Å²) in [6.45, 7) is 3.87. The van der Waals surface area contributed by atoms with E-state index in [0.29, 0.717) is 11.3 Å². The highest BCUT2D eigenvalue weighted by Gasteiger charge is 2.21. The molecule has 1 unspecified atom stereocenters. The number of aromatic nitrogens is 1. The number of hydrogen-bond acceptors (Lipinski definition) is 4. The second kappa shape index (κ2) is 8.97. The minimum absolute atomic E-state index is 0.0298. The van der Waals surface area contributed by atoms with Crippen LogP contribution in [0.3, 0.4) is 0 Å². The molecule has 1 atom stereocenters. The average molecular weight is 374 g/mol.